The van der Waals surface area contributed by atoms with E-state index < -0.39 is 0 Å². The van der Waals surface area contributed by atoms with Crippen molar-refractivity contribution in [2.24, 2.45) is 4.99 Å². The number of rotatable bonds is 4. The standard InChI is InChI=1S/C14H20ClN3.HI/c1-3-16-14(17-4-2)18-13-9-12(13)10-6-5-7-11(15)8-10;/h5-8,12-13H,3-4,9H2,1-2H3,(H2,16,17,18);1H. The van der Waals surface area contributed by atoms with Crippen molar-refractivity contribution in [2.75, 3.05) is 13.1 Å². The summed E-state index contributed by atoms with van der Waals surface area (Å²) in [4.78, 5) is 4.41. The van der Waals surface area contributed by atoms with E-state index in [4.69, 9.17) is 11.6 Å². The predicted octanol–water partition coefficient (Wildman–Crippen LogP) is 3.39. The van der Waals surface area contributed by atoms with Crippen LogP contribution in [0.1, 0.15) is 31.7 Å². The van der Waals surface area contributed by atoms with Crippen molar-refractivity contribution in [2.45, 2.75) is 32.2 Å². The lowest BCUT2D eigenvalue weighted by atomic mass is 10.1. The van der Waals surface area contributed by atoms with Gasteiger partial charge in [0.05, 0.1) is 0 Å². The van der Waals surface area contributed by atoms with E-state index in [1.54, 1.807) is 0 Å². The molecule has 0 saturated heterocycles. The van der Waals surface area contributed by atoms with Crippen LogP contribution in [0.15, 0.2) is 29.3 Å². The molecule has 1 aliphatic rings. The summed E-state index contributed by atoms with van der Waals surface area (Å²) in [5.74, 6) is 1.47. The van der Waals surface area contributed by atoms with Crippen LogP contribution in [0.2, 0.25) is 5.02 Å². The Morgan fingerprint density at radius 1 is 1.42 bits per heavy atom. The van der Waals surface area contributed by atoms with Crippen LogP contribution in [-0.2, 0) is 0 Å². The molecule has 0 bridgehead atoms. The Bertz CT molecular complexity index is 436. The van der Waals surface area contributed by atoms with Gasteiger partial charge in [0, 0.05) is 30.1 Å². The zero-order valence-electron chi connectivity index (χ0n) is 11.3. The molecule has 0 radical (unpaired) electrons. The second-order valence-corrected chi connectivity index (χ2v) is 4.94. The minimum absolute atomic E-state index is 0. The van der Waals surface area contributed by atoms with Gasteiger partial charge >= 0.3 is 0 Å². The second-order valence-electron chi connectivity index (χ2n) is 4.50. The fraction of sp³-hybridized carbons (Fsp3) is 0.500. The van der Waals surface area contributed by atoms with Crippen molar-refractivity contribution < 1.29 is 0 Å². The largest absolute Gasteiger partial charge is 0.357 e. The number of hydrogen-bond acceptors (Lipinski definition) is 1. The van der Waals surface area contributed by atoms with Gasteiger partial charge in [0.15, 0.2) is 5.96 Å². The molecule has 2 atom stereocenters. The zero-order chi connectivity index (χ0) is 13.0. The summed E-state index contributed by atoms with van der Waals surface area (Å²) in [5, 5.41) is 7.52. The molecule has 2 unspecified atom stereocenters. The Labute approximate surface area is 137 Å². The lowest BCUT2D eigenvalue weighted by molar-refractivity contribution is 0.799. The van der Waals surface area contributed by atoms with Crippen LogP contribution in [0, 0.1) is 0 Å². The SMILES string of the molecule is CCN=C(NCC)NC1CC1c1cccc(Cl)c1.I. The third-order valence-corrected chi connectivity index (χ3v) is 3.28. The van der Waals surface area contributed by atoms with Crippen molar-refractivity contribution >= 4 is 41.5 Å². The molecule has 1 fully saturated rings. The Hall–Kier alpha value is -0.490. The van der Waals surface area contributed by atoms with Crippen LogP contribution in [0.25, 0.3) is 0 Å². The maximum absolute atomic E-state index is 6.01. The summed E-state index contributed by atoms with van der Waals surface area (Å²) in [6, 6.07) is 8.60. The number of halogens is 2. The van der Waals surface area contributed by atoms with E-state index >= 15 is 0 Å². The average Bonchev–Trinajstić information content (AvgIpc) is 3.09. The third kappa shape index (κ3) is 4.84. The Kier molecular flexibility index (Phi) is 6.93. The van der Waals surface area contributed by atoms with Crippen LogP contribution in [0.5, 0.6) is 0 Å². The monoisotopic (exact) mass is 393 g/mol. The summed E-state index contributed by atoms with van der Waals surface area (Å²) in [5.41, 5.74) is 1.31. The van der Waals surface area contributed by atoms with Gasteiger partial charge in [-0.15, -0.1) is 24.0 Å². The highest BCUT2D eigenvalue weighted by Crippen LogP contribution is 2.41. The first-order chi connectivity index (χ1) is 8.74. The predicted molar refractivity (Wildman–Crippen MR) is 92.8 cm³/mol. The van der Waals surface area contributed by atoms with Crippen molar-refractivity contribution in [1.29, 1.82) is 0 Å². The molecule has 1 aliphatic carbocycles. The highest BCUT2D eigenvalue weighted by molar-refractivity contribution is 14.0. The molecular weight excluding hydrogens is 373 g/mol. The van der Waals surface area contributed by atoms with E-state index in [-0.39, 0.29) is 24.0 Å². The molecule has 1 saturated carbocycles. The molecule has 106 valence electrons. The average molecular weight is 394 g/mol. The minimum atomic E-state index is 0. The first-order valence-corrected chi connectivity index (χ1v) is 6.92. The zero-order valence-corrected chi connectivity index (χ0v) is 14.4. The van der Waals surface area contributed by atoms with Crippen molar-refractivity contribution in [3.8, 4) is 0 Å². The Balaban J connectivity index is 0.00000180. The maximum Gasteiger partial charge on any atom is 0.191 e. The van der Waals surface area contributed by atoms with Crippen LogP contribution in [0.3, 0.4) is 0 Å². The molecule has 0 spiro atoms. The van der Waals surface area contributed by atoms with Crippen molar-refractivity contribution in [1.82, 2.24) is 10.6 Å². The molecule has 1 aromatic carbocycles. The van der Waals surface area contributed by atoms with E-state index in [2.05, 4.69) is 34.7 Å². The van der Waals surface area contributed by atoms with Gasteiger partial charge in [0.25, 0.3) is 0 Å². The van der Waals surface area contributed by atoms with E-state index in [0.717, 1.165) is 30.5 Å². The van der Waals surface area contributed by atoms with Crippen LogP contribution >= 0.6 is 35.6 Å². The Morgan fingerprint density at radius 3 is 2.84 bits per heavy atom. The lowest BCUT2D eigenvalue weighted by Crippen LogP contribution is -2.39. The van der Waals surface area contributed by atoms with E-state index in [1.807, 2.05) is 19.1 Å². The van der Waals surface area contributed by atoms with Crippen molar-refractivity contribution in [3.05, 3.63) is 34.9 Å². The van der Waals surface area contributed by atoms with E-state index in [0.29, 0.717) is 12.0 Å². The molecule has 2 N–H and O–H groups in total. The molecule has 0 amide bonds. The van der Waals surface area contributed by atoms with Gasteiger partial charge in [-0.25, -0.2) is 0 Å². The van der Waals surface area contributed by atoms with Gasteiger partial charge in [-0.3, -0.25) is 4.99 Å². The quantitative estimate of drug-likeness (QED) is 0.467. The number of aliphatic imine (C=N–C) groups is 1. The molecular formula is C14H21ClIN3. The van der Waals surface area contributed by atoms with Gasteiger partial charge in [-0.05, 0) is 38.0 Å². The number of benzene rings is 1. The van der Waals surface area contributed by atoms with Crippen LogP contribution in [-0.4, -0.2) is 25.1 Å². The first-order valence-electron chi connectivity index (χ1n) is 6.55. The summed E-state index contributed by atoms with van der Waals surface area (Å²) < 4.78 is 0. The lowest BCUT2D eigenvalue weighted by Gasteiger charge is -2.10. The number of guanidine groups is 1. The van der Waals surface area contributed by atoms with Crippen molar-refractivity contribution in [3.63, 3.8) is 0 Å². The van der Waals surface area contributed by atoms with E-state index in [9.17, 15) is 0 Å². The second kappa shape index (κ2) is 7.94. The molecule has 0 heterocycles. The van der Waals surface area contributed by atoms with Gasteiger partial charge < -0.3 is 10.6 Å². The fourth-order valence-electron chi connectivity index (χ4n) is 2.11. The Morgan fingerprint density at radius 2 is 2.21 bits per heavy atom. The van der Waals surface area contributed by atoms with Gasteiger partial charge in [-0.1, -0.05) is 23.7 Å². The van der Waals surface area contributed by atoms with E-state index in [1.165, 1.54) is 5.56 Å². The molecule has 1 aromatic rings. The number of nitrogens with one attached hydrogen (secondary N) is 2. The molecule has 3 nitrogen and oxygen atoms in total. The highest BCUT2D eigenvalue weighted by atomic mass is 127. The normalized spacial score (nSPS) is 21.5. The summed E-state index contributed by atoms with van der Waals surface area (Å²) in [6.45, 7) is 5.80. The van der Waals surface area contributed by atoms with Crippen LogP contribution in [0.4, 0.5) is 0 Å². The van der Waals surface area contributed by atoms with Gasteiger partial charge in [0.1, 0.15) is 0 Å². The highest BCUT2D eigenvalue weighted by Gasteiger charge is 2.39. The molecule has 5 heteroatoms. The first kappa shape index (κ1) is 16.6. The molecule has 0 aromatic heterocycles. The minimum Gasteiger partial charge on any atom is -0.357 e. The topological polar surface area (TPSA) is 36.4 Å². The van der Waals surface area contributed by atoms with Gasteiger partial charge in [0.2, 0.25) is 0 Å². The number of nitrogens with zero attached hydrogens (tertiary/aromatic N) is 1. The summed E-state index contributed by atoms with van der Waals surface area (Å²) in [7, 11) is 0. The smallest absolute Gasteiger partial charge is 0.191 e. The third-order valence-electron chi connectivity index (χ3n) is 3.05. The molecule has 0 aliphatic heterocycles. The molecule has 2 rings (SSSR count). The van der Waals surface area contributed by atoms with Gasteiger partial charge in [-0.2, -0.15) is 0 Å². The number of hydrogen-bond donors (Lipinski definition) is 2. The fourth-order valence-corrected chi connectivity index (χ4v) is 2.31. The summed E-state index contributed by atoms with van der Waals surface area (Å²) >= 11 is 6.01. The maximum atomic E-state index is 6.01. The summed E-state index contributed by atoms with van der Waals surface area (Å²) in [6.07, 6.45) is 1.15. The van der Waals surface area contributed by atoms with Crippen LogP contribution < -0.4 is 10.6 Å². The molecule has 19 heavy (non-hydrogen) atoms.